The molecule has 1 atom stereocenters. The highest BCUT2D eigenvalue weighted by molar-refractivity contribution is 6.35. The minimum atomic E-state index is 0.153. The lowest BCUT2D eigenvalue weighted by molar-refractivity contribution is 0.529. The molecule has 0 fully saturated rings. The summed E-state index contributed by atoms with van der Waals surface area (Å²) in [4.78, 5) is 0. The van der Waals surface area contributed by atoms with Crippen molar-refractivity contribution in [3.63, 3.8) is 0 Å². The van der Waals surface area contributed by atoms with Gasteiger partial charge in [0.25, 0.3) is 0 Å². The summed E-state index contributed by atoms with van der Waals surface area (Å²) >= 11 is 12.3. The maximum Gasteiger partial charge on any atom is 0.0624 e. The Bertz CT molecular complexity index is 608. The van der Waals surface area contributed by atoms with Crippen molar-refractivity contribution in [2.75, 3.05) is 6.54 Å². The fourth-order valence-corrected chi connectivity index (χ4v) is 3.01. The highest BCUT2D eigenvalue weighted by Gasteiger charge is 2.17. The van der Waals surface area contributed by atoms with E-state index in [4.69, 9.17) is 23.2 Å². The van der Waals surface area contributed by atoms with E-state index in [0.717, 1.165) is 30.6 Å². The topological polar surface area (TPSA) is 29.9 Å². The molecular weight excluding hydrogens is 305 g/mol. The fourth-order valence-electron chi connectivity index (χ4n) is 2.47. The van der Waals surface area contributed by atoms with Crippen molar-refractivity contribution in [1.29, 1.82) is 0 Å². The lowest BCUT2D eigenvalue weighted by Gasteiger charge is -2.20. The molecule has 114 valence electrons. The van der Waals surface area contributed by atoms with Gasteiger partial charge in [-0.3, -0.25) is 4.68 Å². The second kappa shape index (κ2) is 7.30. The Hall–Kier alpha value is -1.03. The molecule has 0 spiro atoms. The van der Waals surface area contributed by atoms with Gasteiger partial charge in [0.15, 0.2) is 0 Å². The van der Waals surface area contributed by atoms with Gasteiger partial charge >= 0.3 is 0 Å². The van der Waals surface area contributed by atoms with Crippen LogP contribution < -0.4 is 5.32 Å². The molecule has 2 aromatic rings. The first-order valence-corrected chi connectivity index (χ1v) is 8.00. The molecule has 1 N–H and O–H groups in total. The summed E-state index contributed by atoms with van der Waals surface area (Å²) in [5.41, 5.74) is 3.39. The van der Waals surface area contributed by atoms with Crippen LogP contribution in [0.5, 0.6) is 0 Å². The summed E-state index contributed by atoms with van der Waals surface area (Å²) in [6.07, 6.45) is 1.79. The van der Waals surface area contributed by atoms with Gasteiger partial charge in [-0.1, -0.05) is 43.1 Å². The van der Waals surface area contributed by atoms with E-state index in [-0.39, 0.29) is 6.04 Å². The Kier molecular flexibility index (Phi) is 5.68. The van der Waals surface area contributed by atoms with Crippen LogP contribution in [0.15, 0.2) is 24.3 Å². The summed E-state index contributed by atoms with van der Waals surface area (Å²) in [6, 6.07) is 7.99. The molecule has 0 saturated carbocycles. The van der Waals surface area contributed by atoms with Crippen LogP contribution in [0.4, 0.5) is 0 Å². The van der Waals surface area contributed by atoms with Crippen LogP contribution in [0, 0.1) is 0 Å². The van der Waals surface area contributed by atoms with E-state index in [1.165, 1.54) is 5.69 Å². The zero-order valence-corrected chi connectivity index (χ0v) is 14.2. The van der Waals surface area contributed by atoms with Gasteiger partial charge < -0.3 is 5.32 Å². The third-order valence-corrected chi connectivity index (χ3v) is 4.15. The van der Waals surface area contributed by atoms with E-state index in [0.29, 0.717) is 10.0 Å². The van der Waals surface area contributed by atoms with E-state index < -0.39 is 0 Å². The third kappa shape index (κ3) is 4.00. The number of rotatable bonds is 6. The molecule has 21 heavy (non-hydrogen) atoms. The first-order chi connectivity index (χ1) is 10.0. The Balaban J connectivity index is 2.28. The minimum Gasteiger partial charge on any atom is -0.310 e. The van der Waals surface area contributed by atoms with Gasteiger partial charge in [0.05, 0.1) is 5.69 Å². The molecule has 0 aliphatic heterocycles. The van der Waals surface area contributed by atoms with E-state index >= 15 is 0 Å². The average Bonchev–Trinajstić information content (AvgIpc) is 2.79. The van der Waals surface area contributed by atoms with Gasteiger partial charge in [0.2, 0.25) is 0 Å². The number of aromatic nitrogens is 2. The monoisotopic (exact) mass is 325 g/mol. The Morgan fingerprint density at radius 3 is 2.57 bits per heavy atom. The van der Waals surface area contributed by atoms with Gasteiger partial charge in [-0.25, -0.2) is 0 Å². The van der Waals surface area contributed by atoms with Crippen LogP contribution in [0.25, 0.3) is 0 Å². The van der Waals surface area contributed by atoms with Crippen LogP contribution in [-0.2, 0) is 19.9 Å². The molecule has 0 bridgehead atoms. The highest BCUT2D eigenvalue weighted by Crippen LogP contribution is 2.28. The molecule has 3 nitrogen and oxygen atoms in total. The number of nitrogens with zero attached hydrogens (tertiary/aromatic N) is 2. The second-order valence-corrected chi connectivity index (χ2v) is 5.93. The standard InChI is InChI=1S/C16H21Cl2N3/c1-4-12-9-13(21(3)20-12)10-16(19-5-2)14-7-6-11(17)8-15(14)18/h6-9,16,19H,4-5,10H2,1-3H3. The number of nitrogens with one attached hydrogen (secondary N) is 1. The molecular formula is C16H21Cl2N3. The van der Waals surface area contributed by atoms with E-state index in [1.807, 2.05) is 23.9 Å². The Labute approximate surface area is 136 Å². The maximum absolute atomic E-state index is 6.35. The lowest BCUT2D eigenvalue weighted by atomic mass is 10.0. The van der Waals surface area contributed by atoms with E-state index in [9.17, 15) is 0 Å². The quantitative estimate of drug-likeness (QED) is 0.863. The first kappa shape index (κ1) is 16.3. The molecule has 0 radical (unpaired) electrons. The van der Waals surface area contributed by atoms with Crippen molar-refractivity contribution in [2.45, 2.75) is 32.7 Å². The zero-order chi connectivity index (χ0) is 15.4. The first-order valence-electron chi connectivity index (χ1n) is 7.25. The van der Waals surface area contributed by atoms with Crippen LogP contribution in [0.3, 0.4) is 0 Å². The summed E-state index contributed by atoms with van der Waals surface area (Å²) in [5, 5.41) is 9.36. The van der Waals surface area contributed by atoms with Gasteiger partial charge in [-0.05, 0) is 36.7 Å². The maximum atomic E-state index is 6.35. The predicted molar refractivity (Wildman–Crippen MR) is 89.2 cm³/mol. The molecule has 1 heterocycles. The zero-order valence-electron chi connectivity index (χ0n) is 12.7. The van der Waals surface area contributed by atoms with Crippen molar-refractivity contribution in [3.8, 4) is 0 Å². The number of hydrogen-bond donors (Lipinski definition) is 1. The molecule has 1 aromatic carbocycles. The second-order valence-electron chi connectivity index (χ2n) is 5.08. The predicted octanol–water partition coefficient (Wildman–Crippen LogP) is 4.18. The summed E-state index contributed by atoms with van der Waals surface area (Å²) < 4.78 is 1.95. The van der Waals surface area contributed by atoms with Crippen molar-refractivity contribution in [2.24, 2.45) is 7.05 Å². The van der Waals surface area contributed by atoms with Crippen molar-refractivity contribution in [3.05, 3.63) is 51.3 Å². The molecule has 2 rings (SSSR count). The molecule has 5 heteroatoms. The number of halogens is 2. The van der Waals surface area contributed by atoms with Crippen LogP contribution in [-0.4, -0.2) is 16.3 Å². The number of hydrogen-bond acceptors (Lipinski definition) is 2. The van der Waals surface area contributed by atoms with Crippen LogP contribution in [0.2, 0.25) is 10.0 Å². The molecule has 1 aromatic heterocycles. The molecule has 0 aliphatic carbocycles. The van der Waals surface area contributed by atoms with Crippen LogP contribution in [0.1, 0.15) is 36.8 Å². The summed E-state index contributed by atoms with van der Waals surface area (Å²) in [5.74, 6) is 0. The fraction of sp³-hybridized carbons (Fsp3) is 0.438. The average molecular weight is 326 g/mol. The Morgan fingerprint density at radius 2 is 2.00 bits per heavy atom. The largest absolute Gasteiger partial charge is 0.310 e. The van der Waals surface area contributed by atoms with Gasteiger partial charge in [-0.2, -0.15) is 5.10 Å². The van der Waals surface area contributed by atoms with Crippen LogP contribution >= 0.6 is 23.2 Å². The number of likely N-dealkylation sites (N-methyl/N-ethyl adjacent to an activating group) is 1. The van der Waals surface area contributed by atoms with Gasteiger partial charge in [0.1, 0.15) is 0 Å². The third-order valence-electron chi connectivity index (χ3n) is 3.59. The minimum absolute atomic E-state index is 0.153. The normalized spacial score (nSPS) is 12.6. The molecule has 0 amide bonds. The smallest absolute Gasteiger partial charge is 0.0624 e. The van der Waals surface area contributed by atoms with Gasteiger partial charge in [0, 0.05) is 35.2 Å². The Morgan fingerprint density at radius 1 is 1.24 bits per heavy atom. The van der Waals surface area contributed by atoms with E-state index in [2.05, 4.69) is 30.3 Å². The number of aryl methyl sites for hydroxylation is 2. The van der Waals surface area contributed by atoms with E-state index in [1.54, 1.807) is 6.07 Å². The number of benzene rings is 1. The van der Waals surface area contributed by atoms with Crippen molar-refractivity contribution in [1.82, 2.24) is 15.1 Å². The van der Waals surface area contributed by atoms with Gasteiger partial charge in [-0.15, -0.1) is 0 Å². The summed E-state index contributed by atoms with van der Waals surface area (Å²) in [7, 11) is 1.99. The SMILES string of the molecule is CCNC(Cc1cc(CC)nn1C)c1ccc(Cl)cc1Cl. The lowest BCUT2D eigenvalue weighted by Crippen LogP contribution is -2.24. The molecule has 0 saturated heterocycles. The molecule has 1 unspecified atom stereocenters. The highest BCUT2D eigenvalue weighted by atomic mass is 35.5. The summed E-state index contributed by atoms with van der Waals surface area (Å²) in [6.45, 7) is 5.09. The molecule has 0 aliphatic rings. The van der Waals surface area contributed by atoms with Crippen molar-refractivity contribution < 1.29 is 0 Å². The van der Waals surface area contributed by atoms with Crippen molar-refractivity contribution >= 4 is 23.2 Å².